The molecule has 0 nitrogen and oxygen atoms in total. The lowest BCUT2D eigenvalue weighted by Gasteiger charge is -2.51. The molecule has 0 aliphatic heterocycles. The lowest BCUT2D eigenvalue weighted by atomic mass is 9.54. The Labute approximate surface area is 110 Å². The van der Waals surface area contributed by atoms with Crippen molar-refractivity contribution in [1.82, 2.24) is 0 Å². The summed E-state index contributed by atoms with van der Waals surface area (Å²) in [6, 6.07) is 0. The van der Waals surface area contributed by atoms with E-state index in [1.165, 1.54) is 38.5 Å². The third-order valence-corrected chi connectivity index (χ3v) is 5.37. The smallest absolute Gasteiger partial charge is 0.0264 e. The first-order valence-electron chi connectivity index (χ1n) is 7.63. The van der Waals surface area contributed by atoms with Gasteiger partial charge in [0.2, 0.25) is 0 Å². The van der Waals surface area contributed by atoms with E-state index in [0.717, 1.165) is 5.92 Å². The van der Waals surface area contributed by atoms with Crippen molar-refractivity contribution in [3.63, 3.8) is 0 Å². The maximum Gasteiger partial charge on any atom is -0.0264 e. The van der Waals surface area contributed by atoms with E-state index in [1.807, 2.05) is 0 Å². The third kappa shape index (κ3) is 3.73. The van der Waals surface area contributed by atoms with Gasteiger partial charge in [0.05, 0.1) is 0 Å². The van der Waals surface area contributed by atoms with Crippen LogP contribution in [0, 0.1) is 22.2 Å². The molecule has 17 heavy (non-hydrogen) atoms. The summed E-state index contributed by atoms with van der Waals surface area (Å²) in [4.78, 5) is 0. The van der Waals surface area contributed by atoms with E-state index in [1.54, 1.807) is 0 Å². The zero-order valence-electron chi connectivity index (χ0n) is 13.3. The van der Waals surface area contributed by atoms with Crippen LogP contribution in [0.2, 0.25) is 0 Å². The van der Waals surface area contributed by atoms with E-state index >= 15 is 0 Å². The van der Waals surface area contributed by atoms with Crippen LogP contribution in [0.25, 0.3) is 0 Å². The van der Waals surface area contributed by atoms with Crippen LogP contribution in [0.5, 0.6) is 0 Å². The molecule has 0 bridgehead atoms. The second-order valence-electron chi connectivity index (χ2n) is 8.41. The molecular weight excluding hydrogens is 204 g/mol. The predicted molar refractivity (Wildman–Crippen MR) is 78.2 cm³/mol. The molecule has 0 N–H and O–H groups in total. The summed E-state index contributed by atoms with van der Waals surface area (Å²) in [6.45, 7) is 17.1. The van der Waals surface area contributed by atoms with E-state index in [4.69, 9.17) is 0 Å². The molecule has 0 aromatic rings. The van der Waals surface area contributed by atoms with Gasteiger partial charge in [-0.1, -0.05) is 61.3 Å². The summed E-state index contributed by atoms with van der Waals surface area (Å²) in [5, 5.41) is 0. The van der Waals surface area contributed by atoms with Crippen LogP contribution in [0.4, 0.5) is 0 Å². The van der Waals surface area contributed by atoms with Gasteiger partial charge in [0, 0.05) is 0 Å². The van der Waals surface area contributed by atoms with Crippen LogP contribution in [-0.4, -0.2) is 0 Å². The van der Waals surface area contributed by atoms with Crippen molar-refractivity contribution in [2.24, 2.45) is 22.2 Å². The van der Waals surface area contributed by atoms with E-state index in [9.17, 15) is 0 Å². The van der Waals surface area contributed by atoms with Crippen LogP contribution in [0.1, 0.15) is 87.0 Å². The van der Waals surface area contributed by atoms with Gasteiger partial charge < -0.3 is 0 Å². The Morgan fingerprint density at radius 1 is 1.12 bits per heavy atom. The summed E-state index contributed by atoms with van der Waals surface area (Å²) < 4.78 is 0. The number of hydrogen-bond acceptors (Lipinski definition) is 0. The van der Waals surface area contributed by atoms with Crippen molar-refractivity contribution in [2.45, 2.75) is 87.0 Å². The molecule has 1 aliphatic carbocycles. The van der Waals surface area contributed by atoms with Gasteiger partial charge in [0.15, 0.2) is 0 Å². The van der Waals surface area contributed by atoms with Gasteiger partial charge in [-0.15, -0.1) is 0 Å². The minimum absolute atomic E-state index is 0.512. The molecule has 0 saturated heterocycles. The quantitative estimate of drug-likeness (QED) is 0.559. The third-order valence-electron chi connectivity index (χ3n) is 5.37. The van der Waals surface area contributed by atoms with Gasteiger partial charge in [-0.2, -0.15) is 0 Å². The molecule has 0 heteroatoms. The average molecular weight is 238 g/mol. The Hall–Kier alpha value is 0. The van der Waals surface area contributed by atoms with E-state index in [2.05, 4.69) is 48.5 Å². The summed E-state index contributed by atoms with van der Waals surface area (Å²) in [7, 11) is 0. The normalized spacial score (nSPS) is 29.6. The first-order valence-corrected chi connectivity index (χ1v) is 7.63. The lowest BCUT2D eigenvalue weighted by Crippen LogP contribution is -2.40. The molecule has 1 saturated carbocycles. The van der Waals surface area contributed by atoms with Crippen LogP contribution in [0.15, 0.2) is 0 Å². The highest BCUT2D eigenvalue weighted by Crippen LogP contribution is 2.55. The fourth-order valence-electron chi connectivity index (χ4n) is 3.97. The predicted octanol–water partition coefficient (Wildman–Crippen LogP) is 6.06. The van der Waals surface area contributed by atoms with Gasteiger partial charge in [-0.25, -0.2) is 0 Å². The van der Waals surface area contributed by atoms with Crippen molar-refractivity contribution in [3.05, 3.63) is 0 Å². The van der Waals surface area contributed by atoms with Crippen LogP contribution in [0.3, 0.4) is 0 Å². The van der Waals surface area contributed by atoms with Crippen molar-refractivity contribution >= 4 is 0 Å². The second-order valence-corrected chi connectivity index (χ2v) is 8.41. The molecular formula is C17H34. The first-order chi connectivity index (χ1) is 7.63. The molecule has 0 aromatic carbocycles. The van der Waals surface area contributed by atoms with Gasteiger partial charge in [-0.3, -0.25) is 0 Å². The van der Waals surface area contributed by atoms with E-state index in [0.29, 0.717) is 16.2 Å². The zero-order chi connectivity index (χ0) is 13.3. The Morgan fingerprint density at radius 2 is 1.71 bits per heavy atom. The molecule has 1 fully saturated rings. The summed E-state index contributed by atoms with van der Waals surface area (Å²) in [5.74, 6) is 0.827. The van der Waals surface area contributed by atoms with Gasteiger partial charge in [0.1, 0.15) is 0 Å². The highest BCUT2D eigenvalue weighted by Gasteiger charge is 2.44. The van der Waals surface area contributed by atoms with Crippen LogP contribution < -0.4 is 0 Å². The Balaban J connectivity index is 2.90. The zero-order valence-corrected chi connectivity index (χ0v) is 13.3. The molecule has 1 atom stereocenters. The fourth-order valence-corrected chi connectivity index (χ4v) is 3.97. The van der Waals surface area contributed by atoms with Crippen molar-refractivity contribution in [1.29, 1.82) is 0 Å². The lowest BCUT2D eigenvalue weighted by molar-refractivity contribution is -0.000781. The second kappa shape index (κ2) is 4.94. The first kappa shape index (κ1) is 15.1. The highest BCUT2D eigenvalue weighted by atomic mass is 14.5. The molecule has 102 valence electrons. The maximum absolute atomic E-state index is 2.47. The maximum atomic E-state index is 2.47. The average Bonchev–Trinajstić information content (AvgIpc) is 2.15. The Kier molecular flexibility index (Phi) is 4.37. The van der Waals surface area contributed by atoms with Crippen molar-refractivity contribution in [3.8, 4) is 0 Å². The van der Waals surface area contributed by atoms with Gasteiger partial charge in [0.25, 0.3) is 0 Å². The van der Waals surface area contributed by atoms with E-state index in [-0.39, 0.29) is 0 Å². The molecule has 0 aromatic heterocycles. The minimum atomic E-state index is 0.512. The molecule has 1 unspecified atom stereocenters. The van der Waals surface area contributed by atoms with Crippen molar-refractivity contribution in [2.75, 3.05) is 0 Å². The number of rotatable bonds is 4. The van der Waals surface area contributed by atoms with E-state index < -0.39 is 0 Å². The summed E-state index contributed by atoms with van der Waals surface area (Å²) in [6.07, 6.45) is 8.47. The van der Waals surface area contributed by atoms with Crippen LogP contribution in [-0.2, 0) is 0 Å². The monoisotopic (exact) mass is 238 g/mol. The standard InChI is InChI=1S/C17H34/c1-8-15(4,5)12-17(14(2)3)11-9-10-16(6,7)13-17/h14H,8-13H2,1-7H3. The summed E-state index contributed by atoms with van der Waals surface area (Å²) >= 11 is 0. The minimum Gasteiger partial charge on any atom is -0.0649 e. The van der Waals surface area contributed by atoms with Crippen LogP contribution >= 0.6 is 0 Å². The topological polar surface area (TPSA) is 0 Å². The summed E-state index contributed by atoms with van der Waals surface area (Å²) in [5.41, 5.74) is 1.67. The van der Waals surface area contributed by atoms with Gasteiger partial charge >= 0.3 is 0 Å². The highest BCUT2D eigenvalue weighted by molar-refractivity contribution is 4.95. The molecule has 1 rings (SSSR count). The fraction of sp³-hybridized carbons (Fsp3) is 1.00. The largest absolute Gasteiger partial charge is 0.0649 e. The van der Waals surface area contributed by atoms with Gasteiger partial charge in [-0.05, 0) is 47.8 Å². The number of hydrogen-bond donors (Lipinski definition) is 0. The molecule has 0 radical (unpaired) electrons. The molecule has 0 spiro atoms. The molecule has 0 amide bonds. The SMILES string of the molecule is CCC(C)(C)CC1(C(C)C)CCCC(C)(C)C1. The Bertz CT molecular complexity index is 247. The molecule has 1 aliphatic rings. The van der Waals surface area contributed by atoms with Crippen molar-refractivity contribution < 1.29 is 0 Å². The molecule has 0 heterocycles. The Morgan fingerprint density at radius 3 is 2.12 bits per heavy atom.